The minimum Gasteiger partial charge on any atom is -0.376 e. The van der Waals surface area contributed by atoms with Crippen molar-refractivity contribution in [3.8, 4) is 0 Å². The molecule has 3 rings (SSSR count). The Balaban J connectivity index is 1.63. The van der Waals surface area contributed by atoms with Crippen molar-refractivity contribution in [1.29, 1.82) is 0 Å². The normalized spacial score (nSPS) is 17.0. The number of ether oxygens (including phenoxy) is 1. The van der Waals surface area contributed by atoms with Gasteiger partial charge in [0.25, 0.3) is 0 Å². The van der Waals surface area contributed by atoms with Gasteiger partial charge in [0.15, 0.2) is 5.16 Å². The third-order valence-electron chi connectivity index (χ3n) is 4.24. The van der Waals surface area contributed by atoms with E-state index >= 15 is 0 Å². The lowest BCUT2D eigenvalue weighted by Gasteiger charge is -2.11. The molecule has 0 spiro atoms. The summed E-state index contributed by atoms with van der Waals surface area (Å²) in [5.74, 6) is -0.373. The molecule has 1 saturated heterocycles. The number of carbonyl (C=O) groups excluding carboxylic acids is 1. The van der Waals surface area contributed by atoms with Crippen LogP contribution in [0, 0.1) is 6.92 Å². The molecule has 1 amide bonds. The van der Waals surface area contributed by atoms with Crippen molar-refractivity contribution in [3.05, 3.63) is 34.2 Å². The molecule has 1 atom stereocenters. The smallest absolute Gasteiger partial charge is 0.344 e. The second-order valence-electron chi connectivity index (χ2n) is 6.42. The van der Waals surface area contributed by atoms with Crippen LogP contribution in [0.3, 0.4) is 0 Å². The number of aryl methyl sites for hydroxylation is 1. The number of hydrogen-bond donors (Lipinski definition) is 3. The summed E-state index contributed by atoms with van der Waals surface area (Å²) in [6.07, 6.45) is 1.80. The summed E-state index contributed by atoms with van der Waals surface area (Å²) in [6.45, 7) is 2.68. The lowest BCUT2D eigenvalue weighted by molar-refractivity contribution is -0.113. The number of aromatic nitrogens is 3. The highest BCUT2D eigenvalue weighted by Crippen LogP contribution is 2.21. The van der Waals surface area contributed by atoms with E-state index in [-0.39, 0.29) is 28.3 Å². The van der Waals surface area contributed by atoms with Gasteiger partial charge in [0.05, 0.1) is 23.3 Å². The van der Waals surface area contributed by atoms with Crippen molar-refractivity contribution in [2.24, 2.45) is 5.14 Å². The number of primary sulfonamides is 1. The summed E-state index contributed by atoms with van der Waals surface area (Å²) < 4.78 is 30.2. The first-order valence-electron chi connectivity index (χ1n) is 8.57. The molecule has 4 N–H and O–H groups in total. The molecule has 1 fully saturated rings. The van der Waals surface area contributed by atoms with Crippen LogP contribution in [0.5, 0.6) is 0 Å². The maximum absolute atomic E-state index is 12.2. The Bertz CT molecular complexity index is 1020. The standard InChI is InChI=1S/C16H21N5O5S2/c1-10-4-5-11(7-13(10)28(17,24)25)18-14(22)9-27-16-20-19-15(23)21(16)8-12-3-2-6-26-12/h4-5,7,12H,2-3,6,8-9H2,1H3,(H,18,22)(H,19,23)(H2,17,24,25). The Hall–Kier alpha value is -2.15. The second-order valence-corrected chi connectivity index (χ2v) is 8.89. The SMILES string of the molecule is Cc1ccc(NC(=O)CSc2n[nH]c(=O)n2CC2CCCO2)cc1S(N)(=O)=O. The van der Waals surface area contributed by atoms with E-state index in [0.29, 0.717) is 29.6 Å². The highest BCUT2D eigenvalue weighted by atomic mass is 32.2. The fourth-order valence-corrected chi connectivity index (χ4v) is 4.44. The molecule has 1 aromatic heterocycles. The average Bonchev–Trinajstić information content (AvgIpc) is 3.25. The van der Waals surface area contributed by atoms with Gasteiger partial charge in [-0.25, -0.2) is 23.4 Å². The van der Waals surface area contributed by atoms with Gasteiger partial charge in [-0.05, 0) is 37.5 Å². The first kappa shape index (κ1) is 20.6. The quantitative estimate of drug-likeness (QED) is 0.543. The number of rotatable bonds is 7. The molecule has 2 aromatic rings. The lowest BCUT2D eigenvalue weighted by Crippen LogP contribution is -2.25. The predicted molar refractivity (Wildman–Crippen MR) is 104 cm³/mol. The molecule has 0 saturated carbocycles. The van der Waals surface area contributed by atoms with Crippen LogP contribution >= 0.6 is 11.8 Å². The monoisotopic (exact) mass is 427 g/mol. The number of nitrogens with one attached hydrogen (secondary N) is 2. The zero-order valence-electron chi connectivity index (χ0n) is 15.2. The molecule has 1 aromatic carbocycles. The molecule has 0 aliphatic carbocycles. The Morgan fingerprint density at radius 2 is 2.29 bits per heavy atom. The van der Waals surface area contributed by atoms with Crippen molar-refractivity contribution >= 4 is 33.4 Å². The third-order valence-corrected chi connectivity index (χ3v) is 6.27. The van der Waals surface area contributed by atoms with Gasteiger partial charge in [-0.2, -0.15) is 0 Å². The summed E-state index contributed by atoms with van der Waals surface area (Å²) >= 11 is 1.10. The number of H-pyrrole nitrogens is 1. The van der Waals surface area contributed by atoms with Gasteiger partial charge in [-0.3, -0.25) is 9.36 Å². The molecule has 12 heteroatoms. The predicted octanol–water partition coefficient (Wildman–Crippen LogP) is 0.437. The van der Waals surface area contributed by atoms with Crippen LogP contribution in [0.15, 0.2) is 33.0 Å². The molecule has 10 nitrogen and oxygen atoms in total. The molecule has 1 aliphatic heterocycles. The van der Waals surface area contributed by atoms with Crippen molar-refractivity contribution in [3.63, 3.8) is 0 Å². The second kappa shape index (κ2) is 8.47. The number of nitrogens with two attached hydrogens (primary N) is 1. The van der Waals surface area contributed by atoms with E-state index in [1.165, 1.54) is 10.6 Å². The van der Waals surface area contributed by atoms with Gasteiger partial charge < -0.3 is 10.1 Å². The maximum atomic E-state index is 12.2. The van der Waals surface area contributed by atoms with Crippen LogP contribution in [0.2, 0.25) is 0 Å². The van der Waals surface area contributed by atoms with E-state index in [0.717, 1.165) is 24.6 Å². The highest BCUT2D eigenvalue weighted by Gasteiger charge is 2.20. The number of anilines is 1. The number of nitrogens with zero attached hydrogens (tertiary/aromatic N) is 2. The van der Waals surface area contributed by atoms with Gasteiger partial charge in [-0.1, -0.05) is 17.8 Å². The maximum Gasteiger partial charge on any atom is 0.344 e. The number of sulfonamides is 1. The molecule has 0 bridgehead atoms. The number of benzene rings is 1. The van der Waals surface area contributed by atoms with Crippen molar-refractivity contribution in [2.45, 2.75) is 42.5 Å². The van der Waals surface area contributed by atoms with Crippen molar-refractivity contribution < 1.29 is 17.9 Å². The van der Waals surface area contributed by atoms with Crippen LogP contribution in [0.1, 0.15) is 18.4 Å². The van der Waals surface area contributed by atoms with E-state index in [2.05, 4.69) is 15.5 Å². The zero-order chi connectivity index (χ0) is 20.3. The largest absolute Gasteiger partial charge is 0.376 e. The minimum atomic E-state index is -3.88. The van der Waals surface area contributed by atoms with Gasteiger partial charge in [-0.15, -0.1) is 5.10 Å². The highest BCUT2D eigenvalue weighted by molar-refractivity contribution is 7.99. The van der Waals surface area contributed by atoms with E-state index in [1.807, 2.05) is 0 Å². The molecule has 1 aliphatic rings. The number of carbonyl (C=O) groups is 1. The topological polar surface area (TPSA) is 149 Å². The first-order chi connectivity index (χ1) is 13.2. The van der Waals surface area contributed by atoms with Crippen molar-refractivity contribution in [1.82, 2.24) is 14.8 Å². The van der Waals surface area contributed by atoms with Gasteiger partial charge in [0, 0.05) is 12.3 Å². The number of thioether (sulfide) groups is 1. The van der Waals surface area contributed by atoms with Crippen LogP contribution in [0.25, 0.3) is 0 Å². The number of amides is 1. The van der Waals surface area contributed by atoms with E-state index in [9.17, 15) is 18.0 Å². The summed E-state index contributed by atoms with van der Waals surface area (Å²) in [6, 6.07) is 4.47. The molecular formula is C16H21N5O5S2. The summed E-state index contributed by atoms with van der Waals surface area (Å²) in [5.41, 5.74) is 0.457. The molecule has 1 unspecified atom stereocenters. The lowest BCUT2D eigenvalue weighted by atomic mass is 10.2. The molecule has 2 heterocycles. The molecule has 0 radical (unpaired) electrons. The Labute approximate surface area is 165 Å². The fraction of sp³-hybridized carbons (Fsp3) is 0.438. The summed E-state index contributed by atoms with van der Waals surface area (Å²) in [5, 5.41) is 14.5. The number of aromatic amines is 1. The average molecular weight is 428 g/mol. The van der Waals surface area contributed by atoms with Crippen LogP contribution in [-0.4, -0.2) is 47.6 Å². The molecule has 28 heavy (non-hydrogen) atoms. The Morgan fingerprint density at radius 1 is 1.50 bits per heavy atom. The minimum absolute atomic E-state index is 0.00555. The zero-order valence-corrected chi connectivity index (χ0v) is 16.8. The van der Waals surface area contributed by atoms with Crippen LogP contribution < -0.4 is 16.1 Å². The summed E-state index contributed by atoms with van der Waals surface area (Å²) in [4.78, 5) is 24.1. The van der Waals surface area contributed by atoms with E-state index < -0.39 is 10.0 Å². The first-order valence-corrected chi connectivity index (χ1v) is 11.1. The summed E-state index contributed by atoms with van der Waals surface area (Å²) in [7, 11) is -3.88. The molecule has 152 valence electrons. The Kier molecular flexibility index (Phi) is 6.23. The van der Waals surface area contributed by atoms with Crippen molar-refractivity contribution in [2.75, 3.05) is 17.7 Å². The van der Waals surface area contributed by atoms with E-state index in [4.69, 9.17) is 9.88 Å². The van der Waals surface area contributed by atoms with E-state index in [1.54, 1.807) is 19.1 Å². The van der Waals surface area contributed by atoms with Gasteiger partial charge >= 0.3 is 5.69 Å². The van der Waals surface area contributed by atoms with Crippen LogP contribution in [0.4, 0.5) is 5.69 Å². The van der Waals surface area contributed by atoms with Gasteiger partial charge in [0.2, 0.25) is 15.9 Å². The fourth-order valence-electron chi connectivity index (χ4n) is 2.88. The third kappa shape index (κ3) is 5.01. The Morgan fingerprint density at radius 3 is 2.96 bits per heavy atom. The number of hydrogen-bond acceptors (Lipinski definition) is 7. The van der Waals surface area contributed by atoms with Crippen LogP contribution in [-0.2, 0) is 26.1 Å². The molecular weight excluding hydrogens is 406 g/mol. The van der Waals surface area contributed by atoms with Gasteiger partial charge in [0.1, 0.15) is 0 Å².